The van der Waals surface area contributed by atoms with Crippen molar-refractivity contribution in [1.29, 1.82) is 5.26 Å². The molecular formula is C22H27N5O4S2. The smallest absolute Gasteiger partial charge is 0.243 e. The van der Waals surface area contributed by atoms with E-state index < -0.39 is 10.0 Å². The fraction of sp³-hybridized carbons (Fsp3) is 0.455. The van der Waals surface area contributed by atoms with E-state index in [1.54, 1.807) is 19.9 Å². The molecule has 2 heterocycles. The van der Waals surface area contributed by atoms with E-state index in [9.17, 15) is 18.5 Å². The third kappa shape index (κ3) is 6.01. The fourth-order valence-electron chi connectivity index (χ4n) is 3.61. The van der Waals surface area contributed by atoms with E-state index in [1.165, 1.54) is 23.5 Å². The van der Waals surface area contributed by atoms with E-state index in [0.29, 0.717) is 40.9 Å². The van der Waals surface area contributed by atoms with Crippen molar-refractivity contribution in [3.05, 3.63) is 35.3 Å². The van der Waals surface area contributed by atoms with Gasteiger partial charge in [0.05, 0.1) is 29.1 Å². The summed E-state index contributed by atoms with van der Waals surface area (Å²) in [6.07, 6.45) is 3.71. The van der Waals surface area contributed by atoms with Crippen LogP contribution in [0.3, 0.4) is 0 Å². The number of aromatic nitrogens is 2. The maximum atomic E-state index is 13.1. The summed E-state index contributed by atoms with van der Waals surface area (Å²) in [5.74, 6) is 0.481. The molecule has 2 aromatic rings. The summed E-state index contributed by atoms with van der Waals surface area (Å²) in [7, 11) is -2.22. The van der Waals surface area contributed by atoms with Gasteiger partial charge in [-0.3, -0.25) is 4.79 Å². The van der Waals surface area contributed by atoms with Crippen molar-refractivity contribution in [2.75, 3.05) is 31.3 Å². The first-order valence-electron chi connectivity index (χ1n) is 10.6. The Kier molecular flexibility index (Phi) is 8.29. The molecular weight excluding hydrogens is 462 g/mol. The van der Waals surface area contributed by atoms with Crippen molar-refractivity contribution in [3.63, 3.8) is 0 Å². The first-order valence-corrected chi connectivity index (χ1v) is 13.0. The van der Waals surface area contributed by atoms with Gasteiger partial charge in [0, 0.05) is 13.1 Å². The SMILES string of the molecule is COc1ccc(S(=O)(=O)N2CCCCCC2)cc1NC(=O)CSc1nc(C)nc(C)c1C#N. The van der Waals surface area contributed by atoms with Gasteiger partial charge in [-0.15, -0.1) is 0 Å². The number of rotatable bonds is 7. The molecule has 1 amide bonds. The van der Waals surface area contributed by atoms with E-state index >= 15 is 0 Å². The van der Waals surface area contributed by atoms with Crippen LogP contribution in [0.25, 0.3) is 0 Å². The van der Waals surface area contributed by atoms with Crippen molar-refractivity contribution in [2.45, 2.75) is 49.5 Å². The van der Waals surface area contributed by atoms with Gasteiger partial charge in [-0.05, 0) is 44.9 Å². The van der Waals surface area contributed by atoms with Gasteiger partial charge in [0.2, 0.25) is 15.9 Å². The highest BCUT2D eigenvalue weighted by atomic mass is 32.2. The zero-order valence-electron chi connectivity index (χ0n) is 18.9. The predicted octanol–water partition coefficient (Wildman–Crippen LogP) is 3.27. The molecule has 9 nitrogen and oxygen atoms in total. The lowest BCUT2D eigenvalue weighted by Crippen LogP contribution is -2.32. The number of nitrogens with one attached hydrogen (secondary N) is 1. The highest BCUT2D eigenvalue weighted by molar-refractivity contribution is 8.00. The number of thioether (sulfide) groups is 1. The minimum absolute atomic E-state index is 0.0170. The van der Waals surface area contributed by atoms with Crippen molar-refractivity contribution in [3.8, 4) is 11.8 Å². The van der Waals surface area contributed by atoms with Crippen molar-refractivity contribution in [2.24, 2.45) is 0 Å². The summed E-state index contributed by atoms with van der Waals surface area (Å²) in [5, 5.41) is 12.5. The Morgan fingerprint density at radius 2 is 1.91 bits per heavy atom. The van der Waals surface area contributed by atoms with E-state index in [0.717, 1.165) is 37.4 Å². The number of benzene rings is 1. The lowest BCUT2D eigenvalue weighted by atomic mass is 10.2. The number of nitriles is 1. The number of sulfonamides is 1. The Hall–Kier alpha value is -2.68. The van der Waals surface area contributed by atoms with Gasteiger partial charge >= 0.3 is 0 Å². The number of nitrogens with zero attached hydrogens (tertiary/aromatic N) is 4. The average Bonchev–Trinajstić information content (AvgIpc) is 3.07. The molecule has 0 spiro atoms. The normalized spacial score (nSPS) is 14.8. The second kappa shape index (κ2) is 11.0. The van der Waals surface area contributed by atoms with Gasteiger partial charge in [0.15, 0.2) is 0 Å². The molecule has 1 aliphatic heterocycles. The van der Waals surface area contributed by atoms with Crippen LogP contribution in [0.15, 0.2) is 28.1 Å². The van der Waals surface area contributed by atoms with Crippen LogP contribution >= 0.6 is 11.8 Å². The number of carbonyl (C=O) groups excluding carboxylic acids is 1. The highest BCUT2D eigenvalue weighted by Crippen LogP contribution is 2.30. The number of anilines is 1. The van der Waals surface area contributed by atoms with Crippen molar-refractivity contribution >= 4 is 33.4 Å². The minimum Gasteiger partial charge on any atom is -0.495 e. The molecule has 176 valence electrons. The predicted molar refractivity (Wildman–Crippen MR) is 126 cm³/mol. The molecule has 1 N–H and O–H groups in total. The third-order valence-electron chi connectivity index (χ3n) is 5.27. The van der Waals surface area contributed by atoms with Crippen LogP contribution in [0.2, 0.25) is 0 Å². The van der Waals surface area contributed by atoms with Gasteiger partial charge in [-0.2, -0.15) is 9.57 Å². The number of ether oxygens (including phenoxy) is 1. The second-order valence-electron chi connectivity index (χ2n) is 7.67. The lowest BCUT2D eigenvalue weighted by molar-refractivity contribution is -0.113. The van der Waals surface area contributed by atoms with Crippen LogP contribution in [0, 0.1) is 25.2 Å². The molecule has 0 atom stereocenters. The Bertz CT molecular complexity index is 1170. The van der Waals surface area contributed by atoms with E-state index in [4.69, 9.17) is 4.74 Å². The first-order chi connectivity index (χ1) is 15.8. The quantitative estimate of drug-likeness (QED) is 0.464. The number of aryl methyl sites for hydroxylation is 2. The monoisotopic (exact) mass is 489 g/mol. The molecule has 1 aromatic heterocycles. The van der Waals surface area contributed by atoms with E-state index in [1.807, 2.05) is 0 Å². The molecule has 33 heavy (non-hydrogen) atoms. The highest BCUT2D eigenvalue weighted by Gasteiger charge is 2.26. The number of amides is 1. The molecule has 0 bridgehead atoms. The maximum Gasteiger partial charge on any atom is 0.243 e. The van der Waals surface area contributed by atoms with E-state index in [2.05, 4.69) is 21.4 Å². The standard InChI is InChI=1S/C22H27N5O4S2/c1-15-18(13-23)22(25-16(2)24-15)32-14-21(28)26-19-12-17(8-9-20(19)31-3)33(29,30)27-10-6-4-5-7-11-27/h8-9,12H,4-7,10-11,14H2,1-3H3,(H,26,28). The fourth-order valence-corrected chi connectivity index (χ4v) is 6.03. The zero-order chi connectivity index (χ0) is 24.0. The maximum absolute atomic E-state index is 13.1. The number of carbonyl (C=O) groups is 1. The average molecular weight is 490 g/mol. The zero-order valence-corrected chi connectivity index (χ0v) is 20.6. The van der Waals surface area contributed by atoms with Crippen LogP contribution in [-0.2, 0) is 14.8 Å². The summed E-state index contributed by atoms with van der Waals surface area (Å²) in [6, 6.07) is 6.54. The molecule has 3 rings (SSSR count). The number of hydrogen-bond donors (Lipinski definition) is 1. The Morgan fingerprint density at radius 1 is 1.21 bits per heavy atom. The van der Waals surface area contributed by atoms with Crippen molar-refractivity contribution in [1.82, 2.24) is 14.3 Å². The summed E-state index contributed by atoms with van der Waals surface area (Å²) >= 11 is 1.12. The molecule has 1 fully saturated rings. The Morgan fingerprint density at radius 3 is 2.55 bits per heavy atom. The van der Waals surface area contributed by atoms with Gasteiger partial charge in [0.1, 0.15) is 28.2 Å². The van der Waals surface area contributed by atoms with Crippen molar-refractivity contribution < 1.29 is 17.9 Å². The minimum atomic E-state index is -3.67. The van der Waals surface area contributed by atoms with Gasteiger partial charge in [-0.1, -0.05) is 24.6 Å². The molecule has 0 saturated carbocycles. The third-order valence-corrected chi connectivity index (χ3v) is 8.14. The number of methoxy groups -OCH3 is 1. The Balaban J connectivity index is 1.78. The van der Waals surface area contributed by atoms with Gasteiger partial charge < -0.3 is 10.1 Å². The van der Waals surface area contributed by atoms with Crippen LogP contribution in [0.4, 0.5) is 5.69 Å². The van der Waals surface area contributed by atoms with Crippen LogP contribution < -0.4 is 10.1 Å². The Labute approximate surface area is 198 Å². The molecule has 0 radical (unpaired) electrons. The molecule has 0 aliphatic carbocycles. The van der Waals surface area contributed by atoms with Crippen LogP contribution in [0.1, 0.15) is 42.8 Å². The topological polar surface area (TPSA) is 125 Å². The molecule has 1 saturated heterocycles. The molecule has 11 heteroatoms. The van der Waals surface area contributed by atoms with Crippen LogP contribution in [0.5, 0.6) is 5.75 Å². The summed E-state index contributed by atoms with van der Waals surface area (Å²) in [5.41, 5.74) is 1.16. The molecule has 1 aliphatic rings. The number of hydrogen-bond acceptors (Lipinski definition) is 8. The van der Waals surface area contributed by atoms with Gasteiger partial charge in [0.25, 0.3) is 0 Å². The largest absolute Gasteiger partial charge is 0.495 e. The summed E-state index contributed by atoms with van der Waals surface area (Å²) < 4.78 is 33.1. The second-order valence-corrected chi connectivity index (χ2v) is 10.6. The molecule has 0 unspecified atom stereocenters. The lowest BCUT2D eigenvalue weighted by Gasteiger charge is -2.21. The van der Waals surface area contributed by atoms with Crippen LogP contribution in [-0.4, -0.2) is 54.6 Å². The van der Waals surface area contributed by atoms with Gasteiger partial charge in [-0.25, -0.2) is 18.4 Å². The summed E-state index contributed by atoms with van der Waals surface area (Å²) in [4.78, 5) is 21.2. The van der Waals surface area contributed by atoms with E-state index in [-0.39, 0.29) is 22.2 Å². The molecule has 1 aromatic carbocycles. The summed E-state index contributed by atoms with van der Waals surface area (Å²) in [6.45, 7) is 4.43. The first kappa shape index (κ1) is 25.0.